The third-order valence-electron chi connectivity index (χ3n) is 3.61. The van der Waals surface area contributed by atoms with Gasteiger partial charge in [0.25, 0.3) is 0 Å². The largest absolute Gasteiger partial charge is 0.296 e. The summed E-state index contributed by atoms with van der Waals surface area (Å²) in [7, 11) is 0. The molecule has 4 heteroatoms. The van der Waals surface area contributed by atoms with E-state index in [-0.39, 0.29) is 5.56 Å². The van der Waals surface area contributed by atoms with E-state index >= 15 is 0 Å². The van der Waals surface area contributed by atoms with Gasteiger partial charge in [-0.05, 0) is 37.9 Å². The minimum Gasteiger partial charge on any atom is -0.296 e. The highest BCUT2D eigenvalue weighted by Crippen LogP contribution is 2.24. The van der Waals surface area contributed by atoms with Gasteiger partial charge in [-0.25, -0.2) is 8.78 Å². The van der Waals surface area contributed by atoms with Crippen molar-refractivity contribution in [3.05, 3.63) is 35.4 Å². The van der Waals surface area contributed by atoms with Crippen LogP contribution < -0.4 is 0 Å². The molecule has 1 aliphatic rings. The molecule has 2 rings (SSSR count). The van der Waals surface area contributed by atoms with E-state index in [2.05, 4.69) is 20.8 Å². The molecule has 1 fully saturated rings. The summed E-state index contributed by atoms with van der Waals surface area (Å²) in [4.78, 5) is 2.21. The van der Waals surface area contributed by atoms with Gasteiger partial charge in [0.1, 0.15) is 11.6 Å². The molecule has 1 aromatic carbocycles. The number of benzene rings is 1. The van der Waals surface area contributed by atoms with Gasteiger partial charge in [-0.1, -0.05) is 28.4 Å². The van der Waals surface area contributed by atoms with Crippen LogP contribution >= 0.6 is 15.9 Å². The summed E-state index contributed by atoms with van der Waals surface area (Å²) >= 11 is 3.45. The number of rotatable bonds is 4. The molecule has 1 saturated heterocycles. The van der Waals surface area contributed by atoms with E-state index in [1.165, 1.54) is 24.6 Å². The van der Waals surface area contributed by atoms with Gasteiger partial charge in [0.05, 0.1) is 0 Å². The lowest BCUT2D eigenvalue weighted by Gasteiger charge is -2.35. The summed E-state index contributed by atoms with van der Waals surface area (Å²) in [5.74, 6) is -0.865. The van der Waals surface area contributed by atoms with Gasteiger partial charge in [-0.2, -0.15) is 0 Å². The molecule has 0 aromatic heterocycles. The molecule has 1 heterocycles. The maximum atomic E-state index is 13.6. The third-order valence-corrected chi connectivity index (χ3v) is 4.07. The van der Waals surface area contributed by atoms with Gasteiger partial charge in [-0.3, -0.25) is 4.90 Å². The third kappa shape index (κ3) is 3.29. The van der Waals surface area contributed by atoms with Crippen LogP contribution in [0.5, 0.6) is 0 Å². The van der Waals surface area contributed by atoms with E-state index in [1.807, 2.05) is 0 Å². The first-order valence-corrected chi connectivity index (χ1v) is 7.57. The van der Waals surface area contributed by atoms with Crippen LogP contribution in [0.4, 0.5) is 8.78 Å². The molecule has 0 amide bonds. The number of hydrogen-bond donors (Lipinski definition) is 0. The van der Waals surface area contributed by atoms with Gasteiger partial charge in [0, 0.05) is 23.5 Å². The van der Waals surface area contributed by atoms with Gasteiger partial charge in [0.15, 0.2) is 0 Å². The van der Waals surface area contributed by atoms with Gasteiger partial charge in [-0.15, -0.1) is 0 Å². The fourth-order valence-electron chi connectivity index (χ4n) is 2.61. The van der Waals surface area contributed by atoms with Crippen LogP contribution in [0.25, 0.3) is 0 Å². The number of hydrogen-bond acceptors (Lipinski definition) is 1. The Morgan fingerprint density at radius 1 is 1.22 bits per heavy atom. The molecule has 1 aromatic rings. The molecule has 0 N–H and O–H groups in total. The second-order valence-corrected chi connectivity index (χ2v) is 5.59. The smallest absolute Gasteiger partial charge is 0.130 e. The molecule has 0 radical (unpaired) electrons. The molecule has 100 valence electrons. The standard InChI is InChI=1S/C14H18BrF2N/c15-8-7-11-4-1-2-9-18(11)10-12-13(16)5-3-6-14(12)17/h3,5-6,11H,1-2,4,7-10H2. The number of alkyl halides is 1. The lowest BCUT2D eigenvalue weighted by atomic mass is 9.99. The second-order valence-electron chi connectivity index (χ2n) is 4.80. The van der Waals surface area contributed by atoms with E-state index < -0.39 is 11.6 Å². The van der Waals surface area contributed by atoms with Gasteiger partial charge in [0.2, 0.25) is 0 Å². The highest BCUT2D eigenvalue weighted by molar-refractivity contribution is 9.09. The predicted octanol–water partition coefficient (Wildman–Crippen LogP) is 4.10. The maximum absolute atomic E-state index is 13.6. The fraction of sp³-hybridized carbons (Fsp3) is 0.571. The quantitative estimate of drug-likeness (QED) is 0.756. The fourth-order valence-corrected chi connectivity index (χ4v) is 3.14. The van der Waals surface area contributed by atoms with Crippen molar-refractivity contribution in [1.82, 2.24) is 4.90 Å². The topological polar surface area (TPSA) is 3.24 Å². The van der Waals surface area contributed by atoms with Crippen molar-refractivity contribution in [3.63, 3.8) is 0 Å². The van der Waals surface area contributed by atoms with Crippen LogP contribution in [0.3, 0.4) is 0 Å². The van der Waals surface area contributed by atoms with E-state index in [9.17, 15) is 8.78 Å². The zero-order chi connectivity index (χ0) is 13.0. The Labute approximate surface area is 115 Å². The Morgan fingerprint density at radius 3 is 2.61 bits per heavy atom. The van der Waals surface area contributed by atoms with Crippen molar-refractivity contribution in [3.8, 4) is 0 Å². The highest BCUT2D eigenvalue weighted by Gasteiger charge is 2.23. The second kappa shape index (κ2) is 6.62. The molecule has 0 spiro atoms. The van der Waals surface area contributed by atoms with Crippen molar-refractivity contribution in [2.24, 2.45) is 0 Å². The Hall–Kier alpha value is -0.480. The summed E-state index contributed by atoms with van der Waals surface area (Å²) in [5, 5.41) is 0.938. The minimum absolute atomic E-state index is 0.207. The summed E-state index contributed by atoms with van der Waals surface area (Å²) in [6.45, 7) is 1.32. The number of likely N-dealkylation sites (tertiary alicyclic amines) is 1. The summed E-state index contributed by atoms with van der Waals surface area (Å²) in [6.07, 6.45) is 4.50. The first kappa shape index (κ1) is 13.9. The Kier molecular flexibility index (Phi) is 5.13. The average Bonchev–Trinajstić information content (AvgIpc) is 2.36. The first-order chi connectivity index (χ1) is 8.72. The molecular weight excluding hydrogens is 300 g/mol. The number of piperidine rings is 1. The van der Waals surface area contributed by atoms with E-state index in [1.54, 1.807) is 0 Å². The Morgan fingerprint density at radius 2 is 1.94 bits per heavy atom. The number of halogens is 3. The molecule has 0 aliphatic carbocycles. The van der Waals surface area contributed by atoms with E-state index in [0.29, 0.717) is 12.6 Å². The molecule has 1 unspecified atom stereocenters. The monoisotopic (exact) mass is 317 g/mol. The zero-order valence-corrected chi connectivity index (χ0v) is 11.9. The van der Waals surface area contributed by atoms with Gasteiger partial charge >= 0.3 is 0 Å². The van der Waals surface area contributed by atoms with Crippen molar-refractivity contribution >= 4 is 15.9 Å². The van der Waals surface area contributed by atoms with Crippen molar-refractivity contribution in [1.29, 1.82) is 0 Å². The number of nitrogens with zero attached hydrogens (tertiary/aromatic N) is 1. The van der Waals surface area contributed by atoms with Crippen molar-refractivity contribution < 1.29 is 8.78 Å². The molecular formula is C14H18BrF2N. The van der Waals surface area contributed by atoms with Gasteiger partial charge < -0.3 is 0 Å². The normalized spacial score (nSPS) is 21.2. The SMILES string of the molecule is Fc1cccc(F)c1CN1CCCCC1CCBr. The van der Waals surface area contributed by atoms with Crippen LogP contribution in [0.1, 0.15) is 31.2 Å². The molecule has 1 atom stereocenters. The van der Waals surface area contributed by atoms with Crippen LogP contribution in [-0.2, 0) is 6.54 Å². The lowest BCUT2D eigenvalue weighted by Crippen LogP contribution is -2.39. The summed E-state index contributed by atoms with van der Waals surface area (Å²) in [6, 6.07) is 4.53. The van der Waals surface area contributed by atoms with E-state index in [0.717, 1.165) is 31.1 Å². The van der Waals surface area contributed by atoms with Crippen molar-refractivity contribution in [2.45, 2.75) is 38.3 Å². The highest BCUT2D eigenvalue weighted by atomic mass is 79.9. The maximum Gasteiger partial charge on any atom is 0.130 e. The Bertz CT molecular complexity index is 375. The average molecular weight is 318 g/mol. The van der Waals surface area contributed by atoms with Crippen LogP contribution in [0, 0.1) is 11.6 Å². The minimum atomic E-state index is -0.432. The Balaban J connectivity index is 2.11. The zero-order valence-electron chi connectivity index (χ0n) is 10.3. The molecule has 0 bridgehead atoms. The van der Waals surface area contributed by atoms with Crippen LogP contribution in [-0.4, -0.2) is 22.8 Å². The van der Waals surface area contributed by atoms with Crippen molar-refractivity contribution in [2.75, 3.05) is 11.9 Å². The molecule has 1 nitrogen and oxygen atoms in total. The summed E-state index contributed by atoms with van der Waals surface area (Å²) < 4.78 is 27.3. The first-order valence-electron chi connectivity index (χ1n) is 6.45. The molecule has 1 aliphatic heterocycles. The van der Waals surface area contributed by atoms with Crippen LogP contribution in [0.2, 0.25) is 0 Å². The lowest BCUT2D eigenvalue weighted by molar-refractivity contribution is 0.134. The van der Waals surface area contributed by atoms with Crippen LogP contribution in [0.15, 0.2) is 18.2 Å². The molecule has 0 saturated carbocycles. The summed E-state index contributed by atoms with van der Waals surface area (Å²) in [5.41, 5.74) is 0.207. The molecule has 18 heavy (non-hydrogen) atoms. The van der Waals surface area contributed by atoms with E-state index in [4.69, 9.17) is 0 Å². The predicted molar refractivity (Wildman–Crippen MR) is 72.8 cm³/mol.